The van der Waals surface area contributed by atoms with Gasteiger partial charge in [-0.1, -0.05) is 0 Å². The quantitative estimate of drug-likeness (QED) is 0.787. The first kappa shape index (κ1) is 11.1. The van der Waals surface area contributed by atoms with Gasteiger partial charge in [0.25, 0.3) is 0 Å². The van der Waals surface area contributed by atoms with Crippen molar-refractivity contribution in [1.29, 1.82) is 0 Å². The van der Waals surface area contributed by atoms with Crippen LogP contribution in [-0.4, -0.2) is 25.7 Å². The van der Waals surface area contributed by atoms with E-state index in [2.05, 4.69) is 20.4 Å². The number of nitrogens with one attached hydrogen (secondary N) is 1. The van der Waals surface area contributed by atoms with Crippen LogP contribution < -0.4 is 11.1 Å². The van der Waals surface area contributed by atoms with Crippen LogP contribution in [0.4, 0.5) is 11.8 Å². The van der Waals surface area contributed by atoms with E-state index >= 15 is 0 Å². The minimum atomic E-state index is -0.229. The average Bonchev–Trinajstić information content (AvgIpc) is 2.63. The van der Waals surface area contributed by atoms with Crippen molar-refractivity contribution in [2.45, 2.75) is 13.5 Å². The third kappa shape index (κ3) is 3.00. The molecular weight excluding hydrogens is 220 g/mol. The van der Waals surface area contributed by atoms with Crippen molar-refractivity contribution in [2.75, 3.05) is 11.1 Å². The SMILES string of the molecule is Cc1ccnc(NC(=O)Cn2cnc(N)n2)c1. The maximum Gasteiger partial charge on any atom is 0.247 e. The zero-order valence-electron chi connectivity index (χ0n) is 9.29. The highest BCUT2D eigenvalue weighted by molar-refractivity contribution is 5.89. The van der Waals surface area contributed by atoms with Crippen molar-refractivity contribution in [3.63, 3.8) is 0 Å². The van der Waals surface area contributed by atoms with Gasteiger partial charge < -0.3 is 11.1 Å². The molecule has 0 saturated heterocycles. The molecular formula is C10H12N6O. The van der Waals surface area contributed by atoms with E-state index in [1.165, 1.54) is 11.0 Å². The molecule has 0 atom stereocenters. The van der Waals surface area contributed by atoms with E-state index in [0.717, 1.165) is 5.56 Å². The van der Waals surface area contributed by atoms with Gasteiger partial charge >= 0.3 is 0 Å². The lowest BCUT2D eigenvalue weighted by Crippen LogP contribution is -2.19. The molecule has 0 aliphatic heterocycles. The first-order valence-corrected chi connectivity index (χ1v) is 5.01. The van der Waals surface area contributed by atoms with E-state index in [0.29, 0.717) is 5.82 Å². The molecule has 17 heavy (non-hydrogen) atoms. The normalized spacial score (nSPS) is 10.2. The molecule has 1 amide bonds. The predicted octanol–water partition coefficient (Wildman–Crippen LogP) is 0.202. The van der Waals surface area contributed by atoms with Gasteiger partial charge in [0.15, 0.2) is 0 Å². The van der Waals surface area contributed by atoms with Crippen molar-refractivity contribution in [3.05, 3.63) is 30.2 Å². The Kier molecular flexibility index (Phi) is 2.99. The number of anilines is 2. The summed E-state index contributed by atoms with van der Waals surface area (Å²) in [6, 6.07) is 3.64. The number of aromatic nitrogens is 4. The number of rotatable bonds is 3. The molecule has 88 valence electrons. The molecule has 0 saturated carbocycles. The Balaban J connectivity index is 1.98. The second-order valence-corrected chi connectivity index (χ2v) is 3.57. The lowest BCUT2D eigenvalue weighted by atomic mass is 10.3. The standard InChI is InChI=1S/C10H12N6O/c1-7-2-3-12-8(4-7)14-9(17)5-16-6-13-10(11)15-16/h2-4,6H,5H2,1H3,(H2,11,15)(H,12,14,17). The fourth-order valence-electron chi connectivity index (χ4n) is 1.32. The molecule has 0 fully saturated rings. The summed E-state index contributed by atoms with van der Waals surface area (Å²) < 4.78 is 1.36. The molecule has 0 aromatic carbocycles. The van der Waals surface area contributed by atoms with E-state index in [-0.39, 0.29) is 18.4 Å². The fourth-order valence-corrected chi connectivity index (χ4v) is 1.32. The molecule has 0 radical (unpaired) electrons. The van der Waals surface area contributed by atoms with Crippen LogP contribution in [0, 0.1) is 6.92 Å². The summed E-state index contributed by atoms with van der Waals surface area (Å²) in [6.45, 7) is 1.98. The first-order valence-electron chi connectivity index (χ1n) is 5.01. The molecule has 2 aromatic heterocycles. The number of hydrogen-bond donors (Lipinski definition) is 2. The van der Waals surface area contributed by atoms with E-state index in [1.807, 2.05) is 13.0 Å². The Hall–Kier alpha value is -2.44. The number of amides is 1. The molecule has 7 heteroatoms. The number of pyridine rings is 1. The van der Waals surface area contributed by atoms with Gasteiger partial charge in [0, 0.05) is 6.20 Å². The highest BCUT2D eigenvalue weighted by Crippen LogP contribution is 2.05. The van der Waals surface area contributed by atoms with Gasteiger partial charge in [0.2, 0.25) is 11.9 Å². The van der Waals surface area contributed by atoms with Crippen LogP contribution in [0.3, 0.4) is 0 Å². The Morgan fingerprint density at radius 1 is 1.53 bits per heavy atom. The van der Waals surface area contributed by atoms with Crippen LogP contribution in [-0.2, 0) is 11.3 Å². The van der Waals surface area contributed by atoms with Crippen LogP contribution >= 0.6 is 0 Å². The summed E-state index contributed by atoms with van der Waals surface area (Å²) in [5, 5.41) is 6.47. The van der Waals surface area contributed by atoms with E-state index in [9.17, 15) is 4.79 Å². The van der Waals surface area contributed by atoms with E-state index < -0.39 is 0 Å². The number of carbonyl (C=O) groups is 1. The van der Waals surface area contributed by atoms with Crippen molar-refractivity contribution in [2.24, 2.45) is 0 Å². The highest BCUT2D eigenvalue weighted by atomic mass is 16.2. The molecule has 2 rings (SSSR count). The smallest absolute Gasteiger partial charge is 0.247 e. The van der Waals surface area contributed by atoms with Crippen LogP contribution in [0.1, 0.15) is 5.56 Å². The van der Waals surface area contributed by atoms with Gasteiger partial charge in [-0.3, -0.25) is 4.79 Å². The van der Waals surface area contributed by atoms with Crippen LogP contribution in [0.5, 0.6) is 0 Å². The summed E-state index contributed by atoms with van der Waals surface area (Å²) in [6.07, 6.45) is 3.04. The first-order chi connectivity index (χ1) is 8.13. The van der Waals surface area contributed by atoms with Crippen molar-refractivity contribution >= 4 is 17.7 Å². The minimum absolute atomic E-state index is 0.0554. The van der Waals surface area contributed by atoms with Gasteiger partial charge in [-0.25, -0.2) is 14.6 Å². The predicted molar refractivity (Wildman–Crippen MR) is 62.0 cm³/mol. The molecule has 0 aliphatic carbocycles. The van der Waals surface area contributed by atoms with Gasteiger partial charge in [0.1, 0.15) is 18.7 Å². The molecule has 3 N–H and O–H groups in total. The molecule has 0 spiro atoms. The zero-order chi connectivity index (χ0) is 12.3. The number of aryl methyl sites for hydroxylation is 1. The molecule has 2 aromatic rings. The molecule has 0 bridgehead atoms. The third-order valence-corrected chi connectivity index (χ3v) is 2.04. The van der Waals surface area contributed by atoms with Gasteiger partial charge in [0.05, 0.1) is 0 Å². The van der Waals surface area contributed by atoms with Gasteiger partial charge in [-0.2, -0.15) is 0 Å². The average molecular weight is 232 g/mol. The number of nitrogens with zero attached hydrogens (tertiary/aromatic N) is 4. The molecule has 0 aliphatic rings. The maximum atomic E-state index is 11.6. The summed E-state index contributed by atoms with van der Waals surface area (Å²) in [7, 11) is 0. The minimum Gasteiger partial charge on any atom is -0.367 e. The number of nitrogen functional groups attached to an aromatic ring is 1. The summed E-state index contributed by atoms with van der Waals surface area (Å²) in [5.41, 5.74) is 6.37. The second-order valence-electron chi connectivity index (χ2n) is 3.57. The highest BCUT2D eigenvalue weighted by Gasteiger charge is 2.05. The van der Waals surface area contributed by atoms with Crippen LogP contribution in [0.2, 0.25) is 0 Å². The zero-order valence-corrected chi connectivity index (χ0v) is 9.29. The van der Waals surface area contributed by atoms with Gasteiger partial charge in [-0.05, 0) is 24.6 Å². The van der Waals surface area contributed by atoms with Crippen molar-refractivity contribution < 1.29 is 4.79 Å². The largest absolute Gasteiger partial charge is 0.367 e. The lowest BCUT2D eigenvalue weighted by molar-refractivity contribution is -0.116. The van der Waals surface area contributed by atoms with Crippen molar-refractivity contribution in [1.82, 2.24) is 19.7 Å². The monoisotopic (exact) mass is 232 g/mol. The van der Waals surface area contributed by atoms with E-state index in [1.54, 1.807) is 12.3 Å². The number of hydrogen-bond acceptors (Lipinski definition) is 5. The van der Waals surface area contributed by atoms with E-state index in [4.69, 9.17) is 5.73 Å². The number of nitrogens with two attached hydrogens (primary N) is 1. The third-order valence-electron chi connectivity index (χ3n) is 2.04. The number of carbonyl (C=O) groups excluding carboxylic acids is 1. The Labute approximate surface area is 97.7 Å². The summed E-state index contributed by atoms with van der Waals surface area (Å²) in [5.74, 6) is 0.433. The second kappa shape index (κ2) is 4.60. The van der Waals surface area contributed by atoms with Crippen molar-refractivity contribution in [3.8, 4) is 0 Å². The lowest BCUT2D eigenvalue weighted by Gasteiger charge is -2.04. The Bertz CT molecular complexity index is 535. The van der Waals surface area contributed by atoms with Crippen LogP contribution in [0.25, 0.3) is 0 Å². The maximum absolute atomic E-state index is 11.6. The topological polar surface area (TPSA) is 98.7 Å². The van der Waals surface area contributed by atoms with Crippen LogP contribution in [0.15, 0.2) is 24.7 Å². The molecule has 2 heterocycles. The fraction of sp³-hybridized carbons (Fsp3) is 0.200. The van der Waals surface area contributed by atoms with Gasteiger partial charge in [-0.15, -0.1) is 5.10 Å². The Morgan fingerprint density at radius 3 is 3.00 bits per heavy atom. The summed E-state index contributed by atoms with van der Waals surface area (Å²) in [4.78, 5) is 19.4. The Morgan fingerprint density at radius 2 is 2.35 bits per heavy atom. The molecule has 0 unspecified atom stereocenters. The molecule has 7 nitrogen and oxygen atoms in total. The summed E-state index contributed by atoms with van der Waals surface area (Å²) >= 11 is 0.